The van der Waals surface area contributed by atoms with Crippen molar-refractivity contribution in [3.63, 3.8) is 0 Å². The number of aliphatic hydroxyl groups excluding tert-OH is 1. The summed E-state index contributed by atoms with van der Waals surface area (Å²) in [5.74, 6) is -1.60. The van der Waals surface area contributed by atoms with Gasteiger partial charge in [-0.2, -0.15) is 0 Å². The number of pyridine rings is 1. The lowest BCUT2D eigenvalue weighted by Crippen LogP contribution is -2.07. The van der Waals surface area contributed by atoms with Crippen molar-refractivity contribution in [2.45, 2.75) is 42.8 Å². The third-order valence-electron chi connectivity index (χ3n) is 4.92. The molecule has 0 radical (unpaired) electrons. The largest absolute Gasteiger partial charge is 0.513 e. The van der Waals surface area contributed by atoms with E-state index in [0.29, 0.717) is 12.1 Å². The van der Waals surface area contributed by atoms with Crippen LogP contribution in [0.3, 0.4) is 0 Å². The third kappa shape index (κ3) is 5.92. The van der Waals surface area contributed by atoms with Crippen LogP contribution in [-0.4, -0.2) is 10.1 Å². The number of alkyl halides is 2. The Morgan fingerprint density at radius 1 is 1.07 bits per heavy atom. The number of rotatable bonds is 8. The zero-order chi connectivity index (χ0) is 21.7. The molecule has 0 saturated carbocycles. The maximum Gasteiger partial charge on any atom is 0.272 e. The Labute approximate surface area is 180 Å². The van der Waals surface area contributed by atoms with E-state index >= 15 is 0 Å². The van der Waals surface area contributed by atoms with Crippen LogP contribution in [0.2, 0.25) is 0 Å². The van der Waals surface area contributed by atoms with E-state index in [2.05, 4.69) is 42.8 Å². The van der Waals surface area contributed by atoms with Gasteiger partial charge in [0, 0.05) is 41.3 Å². The number of allylic oxidation sites excluding steroid dienone is 1. The Morgan fingerprint density at radius 2 is 1.73 bits per heavy atom. The van der Waals surface area contributed by atoms with Gasteiger partial charge < -0.3 is 5.11 Å². The van der Waals surface area contributed by atoms with Crippen LogP contribution in [0.15, 0.2) is 84.1 Å². The number of thioether (sulfide) groups is 1. The lowest BCUT2D eigenvalue weighted by molar-refractivity contribution is 0.0171. The molecular weight excluding hydrogens is 400 g/mol. The topological polar surface area (TPSA) is 33.1 Å². The first-order valence-corrected chi connectivity index (χ1v) is 10.7. The fourth-order valence-electron chi connectivity index (χ4n) is 3.13. The molecule has 2 nitrogen and oxygen atoms in total. The van der Waals surface area contributed by atoms with Crippen molar-refractivity contribution in [1.82, 2.24) is 4.98 Å². The minimum Gasteiger partial charge on any atom is -0.513 e. The molecule has 0 saturated heterocycles. The van der Waals surface area contributed by atoms with Crippen molar-refractivity contribution in [3.05, 3.63) is 95.9 Å². The fourth-order valence-corrected chi connectivity index (χ4v) is 3.98. The normalized spacial score (nSPS) is 12.5. The molecule has 1 aromatic heterocycles. The Morgan fingerprint density at radius 3 is 2.27 bits per heavy atom. The van der Waals surface area contributed by atoms with Crippen LogP contribution in [0.25, 0.3) is 11.3 Å². The van der Waals surface area contributed by atoms with Crippen LogP contribution in [0, 0.1) is 0 Å². The molecule has 0 fully saturated rings. The average molecular weight is 426 g/mol. The van der Waals surface area contributed by atoms with Crippen molar-refractivity contribution < 1.29 is 13.9 Å². The SMILES string of the molecule is C=C(O)CC(C)c1ccc(SCc2ccc(-c3ccc(C(C)(F)F)cn3)cc2)cc1. The first kappa shape index (κ1) is 22.0. The van der Waals surface area contributed by atoms with E-state index in [1.165, 1.54) is 28.3 Å². The zero-order valence-corrected chi connectivity index (χ0v) is 17.9. The Hall–Kier alpha value is -2.66. The lowest BCUT2D eigenvalue weighted by Gasteiger charge is -2.12. The van der Waals surface area contributed by atoms with E-state index in [4.69, 9.17) is 0 Å². The van der Waals surface area contributed by atoms with Gasteiger partial charge in [-0.25, -0.2) is 8.78 Å². The number of aliphatic hydroxyl groups is 1. The molecule has 1 heterocycles. The van der Waals surface area contributed by atoms with Crippen LogP contribution in [0.4, 0.5) is 8.78 Å². The zero-order valence-electron chi connectivity index (χ0n) is 17.1. The van der Waals surface area contributed by atoms with E-state index < -0.39 is 5.92 Å². The van der Waals surface area contributed by atoms with Crippen molar-refractivity contribution >= 4 is 11.8 Å². The molecule has 5 heteroatoms. The second kappa shape index (κ2) is 9.43. The summed E-state index contributed by atoms with van der Waals surface area (Å²) in [6, 6.07) is 19.4. The molecule has 0 amide bonds. The molecule has 2 aromatic carbocycles. The number of hydrogen-bond acceptors (Lipinski definition) is 3. The van der Waals surface area contributed by atoms with E-state index in [1.54, 1.807) is 17.8 Å². The Bertz CT molecular complexity index is 978. The van der Waals surface area contributed by atoms with Gasteiger partial charge in [0.15, 0.2) is 0 Å². The third-order valence-corrected chi connectivity index (χ3v) is 6.00. The summed E-state index contributed by atoms with van der Waals surface area (Å²) in [6.07, 6.45) is 1.80. The van der Waals surface area contributed by atoms with E-state index in [1.807, 2.05) is 24.3 Å². The van der Waals surface area contributed by atoms with Gasteiger partial charge in [0.25, 0.3) is 5.92 Å². The molecule has 0 spiro atoms. The van der Waals surface area contributed by atoms with Gasteiger partial charge in [-0.05, 0) is 41.3 Å². The number of aromatic nitrogens is 1. The summed E-state index contributed by atoms with van der Waals surface area (Å²) in [7, 11) is 0. The molecule has 0 aliphatic heterocycles. The minimum absolute atomic E-state index is 0.0824. The maximum atomic E-state index is 13.3. The number of halogens is 2. The smallest absolute Gasteiger partial charge is 0.272 e. The average Bonchev–Trinajstić information content (AvgIpc) is 2.72. The van der Waals surface area contributed by atoms with Crippen LogP contribution in [0.1, 0.15) is 42.9 Å². The highest BCUT2D eigenvalue weighted by atomic mass is 32.2. The summed E-state index contributed by atoms with van der Waals surface area (Å²) in [4.78, 5) is 5.35. The van der Waals surface area contributed by atoms with Gasteiger partial charge in [0.2, 0.25) is 0 Å². The molecule has 3 aromatic rings. The highest BCUT2D eigenvalue weighted by Gasteiger charge is 2.24. The molecular formula is C25H25F2NOS. The molecule has 1 unspecified atom stereocenters. The minimum atomic E-state index is -2.88. The number of nitrogens with zero attached hydrogens (tertiary/aromatic N) is 1. The predicted molar refractivity (Wildman–Crippen MR) is 120 cm³/mol. The van der Waals surface area contributed by atoms with Crippen LogP contribution < -0.4 is 0 Å². The van der Waals surface area contributed by atoms with Gasteiger partial charge in [-0.3, -0.25) is 4.98 Å². The predicted octanol–water partition coefficient (Wildman–Crippen LogP) is 7.72. The van der Waals surface area contributed by atoms with E-state index in [-0.39, 0.29) is 17.2 Å². The maximum absolute atomic E-state index is 13.3. The summed E-state index contributed by atoms with van der Waals surface area (Å²) in [5.41, 5.74) is 3.85. The standard InChI is InChI=1S/C25H25F2NOS/c1-17(14-18(2)29)20-8-11-23(12-9-20)30-16-19-4-6-21(7-5-19)24-13-10-22(15-28-24)25(3,26)27/h4-13,15,17,29H,2,14,16H2,1,3H3. The molecule has 0 aliphatic carbocycles. The summed E-state index contributed by atoms with van der Waals surface area (Å²) < 4.78 is 26.6. The molecule has 0 bridgehead atoms. The molecule has 3 rings (SSSR count). The number of hydrogen-bond donors (Lipinski definition) is 1. The van der Waals surface area contributed by atoms with Gasteiger partial charge >= 0.3 is 0 Å². The van der Waals surface area contributed by atoms with Crippen LogP contribution in [-0.2, 0) is 11.7 Å². The van der Waals surface area contributed by atoms with Crippen LogP contribution >= 0.6 is 11.8 Å². The fraction of sp³-hybridized carbons (Fsp3) is 0.240. The van der Waals surface area contributed by atoms with Gasteiger partial charge in [-0.15, -0.1) is 11.8 Å². The Balaban J connectivity index is 1.59. The monoisotopic (exact) mass is 425 g/mol. The van der Waals surface area contributed by atoms with E-state index in [0.717, 1.165) is 18.2 Å². The van der Waals surface area contributed by atoms with Gasteiger partial charge in [-0.1, -0.05) is 49.9 Å². The van der Waals surface area contributed by atoms with Crippen molar-refractivity contribution in [1.29, 1.82) is 0 Å². The number of benzene rings is 2. The second-order valence-corrected chi connectivity index (χ2v) is 8.60. The van der Waals surface area contributed by atoms with E-state index in [9.17, 15) is 13.9 Å². The van der Waals surface area contributed by atoms with Gasteiger partial charge in [0.1, 0.15) is 0 Å². The van der Waals surface area contributed by atoms with Crippen molar-refractivity contribution in [2.75, 3.05) is 0 Å². The first-order chi connectivity index (χ1) is 14.2. The summed E-state index contributed by atoms with van der Waals surface area (Å²) in [6.45, 7) is 6.50. The summed E-state index contributed by atoms with van der Waals surface area (Å²) >= 11 is 1.75. The Kier molecular flexibility index (Phi) is 6.93. The summed E-state index contributed by atoms with van der Waals surface area (Å²) in [5, 5.41) is 9.35. The second-order valence-electron chi connectivity index (χ2n) is 7.55. The van der Waals surface area contributed by atoms with Crippen LogP contribution in [0.5, 0.6) is 0 Å². The van der Waals surface area contributed by atoms with Crippen molar-refractivity contribution in [2.24, 2.45) is 0 Å². The first-order valence-electron chi connectivity index (χ1n) is 9.75. The molecule has 0 aliphatic rings. The highest BCUT2D eigenvalue weighted by Crippen LogP contribution is 2.29. The molecule has 156 valence electrons. The molecule has 1 N–H and O–H groups in total. The highest BCUT2D eigenvalue weighted by molar-refractivity contribution is 7.98. The molecule has 30 heavy (non-hydrogen) atoms. The quantitative estimate of drug-likeness (QED) is 0.296. The lowest BCUT2D eigenvalue weighted by atomic mass is 9.97. The van der Waals surface area contributed by atoms with Crippen molar-refractivity contribution in [3.8, 4) is 11.3 Å². The van der Waals surface area contributed by atoms with Gasteiger partial charge in [0.05, 0.1) is 11.5 Å². The molecule has 1 atom stereocenters.